The molecule has 0 saturated carbocycles. The third kappa shape index (κ3) is 4.28. The Labute approximate surface area is 157 Å². The van der Waals surface area contributed by atoms with E-state index in [0.29, 0.717) is 12.3 Å². The monoisotopic (exact) mass is 421 g/mol. The topological polar surface area (TPSA) is 46.9 Å². The lowest BCUT2D eigenvalue weighted by Crippen LogP contribution is -2.24. The van der Waals surface area contributed by atoms with E-state index in [1.54, 1.807) is 11.3 Å². The molecule has 0 saturated heterocycles. The molecule has 0 aliphatic carbocycles. The Hall–Kier alpha value is -1.57. The van der Waals surface area contributed by atoms with Crippen LogP contribution in [0.1, 0.15) is 4.88 Å². The minimum absolute atomic E-state index is 0.0154. The summed E-state index contributed by atoms with van der Waals surface area (Å²) in [6, 6.07) is 12.1. The SMILES string of the molecule is Cn1c(-c2ccc(Br)cc2)cnc1SCC(=O)NCc1cccs1. The van der Waals surface area contributed by atoms with Crippen LogP contribution >= 0.6 is 39.0 Å². The average molecular weight is 422 g/mol. The van der Waals surface area contributed by atoms with Crippen LogP contribution in [0.25, 0.3) is 11.3 Å². The predicted molar refractivity (Wildman–Crippen MR) is 103 cm³/mol. The number of thiophene rings is 1. The van der Waals surface area contributed by atoms with Crippen molar-refractivity contribution < 1.29 is 4.79 Å². The van der Waals surface area contributed by atoms with Crippen LogP contribution in [0.3, 0.4) is 0 Å². The van der Waals surface area contributed by atoms with Gasteiger partial charge in [-0.1, -0.05) is 45.9 Å². The second-order valence-electron chi connectivity index (χ2n) is 5.14. The van der Waals surface area contributed by atoms with Crippen molar-refractivity contribution in [3.63, 3.8) is 0 Å². The molecule has 1 aromatic carbocycles. The van der Waals surface area contributed by atoms with E-state index in [1.165, 1.54) is 11.8 Å². The van der Waals surface area contributed by atoms with Gasteiger partial charge < -0.3 is 9.88 Å². The third-order valence-electron chi connectivity index (χ3n) is 3.46. The van der Waals surface area contributed by atoms with E-state index in [0.717, 1.165) is 25.8 Å². The zero-order valence-corrected chi connectivity index (χ0v) is 16.2. The number of carbonyl (C=O) groups is 1. The maximum atomic E-state index is 12.0. The molecule has 3 aromatic rings. The van der Waals surface area contributed by atoms with E-state index in [2.05, 4.69) is 26.2 Å². The van der Waals surface area contributed by atoms with Gasteiger partial charge in [-0.25, -0.2) is 4.98 Å². The molecule has 2 aromatic heterocycles. The number of imidazole rings is 1. The number of nitrogens with one attached hydrogen (secondary N) is 1. The van der Waals surface area contributed by atoms with Crippen molar-refractivity contribution in [3.8, 4) is 11.3 Å². The van der Waals surface area contributed by atoms with Crippen molar-refractivity contribution in [2.24, 2.45) is 7.05 Å². The van der Waals surface area contributed by atoms with Gasteiger partial charge in [-0.2, -0.15) is 0 Å². The summed E-state index contributed by atoms with van der Waals surface area (Å²) in [5.74, 6) is 0.373. The highest BCUT2D eigenvalue weighted by Gasteiger charge is 2.11. The van der Waals surface area contributed by atoms with Gasteiger partial charge >= 0.3 is 0 Å². The number of nitrogens with zero attached hydrogens (tertiary/aromatic N) is 2. The van der Waals surface area contributed by atoms with Crippen LogP contribution in [0.4, 0.5) is 0 Å². The number of amides is 1. The molecule has 0 radical (unpaired) electrons. The Bertz CT molecular complexity index is 813. The molecule has 2 heterocycles. The Kier molecular flexibility index (Phi) is 5.76. The zero-order valence-electron chi connectivity index (χ0n) is 13.0. The number of carbonyl (C=O) groups excluding carboxylic acids is 1. The molecule has 0 atom stereocenters. The van der Waals surface area contributed by atoms with Crippen molar-refractivity contribution in [2.75, 3.05) is 5.75 Å². The van der Waals surface area contributed by atoms with Gasteiger partial charge in [0.05, 0.1) is 24.2 Å². The second kappa shape index (κ2) is 8.00. The number of benzene rings is 1. The second-order valence-corrected chi connectivity index (χ2v) is 8.03. The number of hydrogen-bond donors (Lipinski definition) is 1. The summed E-state index contributed by atoms with van der Waals surface area (Å²) >= 11 is 6.53. The minimum atomic E-state index is 0.0154. The Morgan fingerprint density at radius 2 is 2.12 bits per heavy atom. The Morgan fingerprint density at radius 3 is 2.83 bits per heavy atom. The Morgan fingerprint density at radius 1 is 1.33 bits per heavy atom. The fourth-order valence-electron chi connectivity index (χ4n) is 2.20. The number of halogens is 1. The Balaban J connectivity index is 1.58. The first kappa shape index (κ1) is 17.3. The van der Waals surface area contributed by atoms with Gasteiger partial charge in [0.15, 0.2) is 5.16 Å². The van der Waals surface area contributed by atoms with E-state index in [4.69, 9.17) is 0 Å². The quantitative estimate of drug-likeness (QED) is 0.602. The summed E-state index contributed by atoms with van der Waals surface area (Å²) in [6.45, 7) is 0.585. The fourth-order valence-corrected chi connectivity index (χ4v) is 3.89. The first-order chi connectivity index (χ1) is 11.6. The molecule has 0 spiro atoms. The molecule has 4 nitrogen and oxygen atoms in total. The molecular formula is C17H16BrN3OS2. The normalized spacial score (nSPS) is 10.8. The van der Waals surface area contributed by atoms with E-state index in [-0.39, 0.29) is 5.91 Å². The van der Waals surface area contributed by atoms with Gasteiger partial charge in [-0.15, -0.1) is 11.3 Å². The third-order valence-corrected chi connectivity index (χ3v) is 5.91. The van der Waals surface area contributed by atoms with Crippen molar-refractivity contribution in [1.82, 2.24) is 14.9 Å². The summed E-state index contributed by atoms with van der Waals surface area (Å²) in [5.41, 5.74) is 2.13. The molecule has 0 unspecified atom stereocenters. The van der Waals surface area contributed by atoms with Crippen LogP contribution in [0, 0.1) is 0 Å². The first-order valence-electron chi connectivity index (χ1n) is 7.33. The molecule has 1 N–H and O–H groups in total. The van der Waals surface area contributed by atoms with Gasteiger partial charge in [-0.3, -0.25) is 4.79 Å². The van der Waals surface area contributed by atoms with Gasteiger partial charge in [0.25, 0.3) is 0 Å². The molecule has 7 heteroatoms. The van der Waals surface area contributed by atoms with Crippen molar-refractivity contribution in [1.29, 1.82) is 0 Å². The zero-order chi connectivity index (χ0) is 16.9. The molecule has 124 valence electrons. The molecule has 0 fully saturated rings. The summed E-state index contributed by atoms with van der Waals surface area (Å²) in [7, 11) is 1.97. The predicted octanol–water partition coefficient (Wildman–Crippen LogP) is 4.32. The standard InChI is InChI=1S/C17H16BrN3OS2/c1-21-15(12-4-6-13(18)7-5-12)10-20-17(21)24-11-16(22)19-9-14-3-2-8-23-14/h2-8,10H,9,11H2,1H3,(H,19,22). The lowest BCUT2D eigenvalue weighted by molar-refractivity contribution is -0.118. The first-order valence-corrected chi connectivity index (χ1v) is 9.99. The maximum absolute atomic E-state index is 12.0. The number of hydrogen-bond acceptors (Lipinski definition) is 4. The van der Waals surface area contributed by atoms with Crippen LogP contribution in [-0.4, -0.2) is 21.2 Å². The van der Waals surface area contributed by atoms with Gasteiger partial charge in [0, 0.05) is 16.4 Å². The van der Waals surface area contributed by atoms with Gasteiger partial charge in [-0.05, 0) is 29.1 Å². The van der Waals surface area contributed by atoms with Crippen LogP contribution in [0.15, 0.2) is 57.6 Å². The largest absolute Gasteiger partial charge is 0.350 e. The molecular weight excluding hydrogens is 406 g/mol. The summed E-state index contributed by atoms with van der Waals surface area (Å²) in [4.78, 5) is 17.6. The molecule has 0 aliphatic rings. The lowest BCUT2D eigenvalue weighted by atomic mass is 10.2. The number of rotatable bonds is 6. The lowest BCUT2D eigenvalue weighted by Gasteiger charge is -2.06. The van der Waals surface area contributed by atoms with Gasteiger partial charge in [0.1, 0.15) is 0 Å². The molecule has 0 bridgehead atoms. The number of aromatic nitrogens is 2. The van der Waals surface area contributed by atoms with E-state index < -0.39 is 0 Å². The highest BCUT2D eigenvalue weighted by molar-refractivity contribution is 9.10. The fraction of sp³-hybridized carbons (Fsp3) is 0.176. The van der Waals surface area contributed by atoms with Gasteiger partial charge in [0.2, 0.25) is 5.91 Å². The highest BCUT2D eigenvalue weighted by Crippen LogP contribution is 2.25. The smallest absolute Gasteiger partial charge is 0.230 e. The van der Waals surface area contributed by atoms with E-state index >= 15 is 0 Å². The highest BCUT2D eigenvalue weighted by atomic mass is 79.9. The van der Waals surface area contributed by atoms with Crippen molar-refractivity contribution >= 4 is 44.9 Å². The van der Waals surface area contributed by atoms with Crippen LogP contribution in [0.2, 0.25) is 0 Å². The average Bonchev–Trinajstić information content (AvgIpc) is 3.22. The maximum Gasteiger partial charge on any atom is 0.230 e. The minimum Gasteiger partial charge on any atom is -0.350 e. The van der Waals surface area contributed by atoms with Crippen LogP contribution in [0.5, 0.6) is 0 Å². The van der Waals surface area contributed by atoms with E-state index in [9.17, 15) is 4.79 Å². The van der Waals surface area contributed by atoms with Crippen molar-refractivity contribution in [2.45, 2.75) is 11.7 Å². The molecule has 0 aliphatic heterocycles. The molecule has 24 heavy (non-hydrogen) atoms. The van der Waals surface area contributed by atoms with Crippen LogP contribution < -0.4 is 5.32 Å². The van der Waals surface area contributed by atoms with Crippen LogP contribution in [-0.2, 0) is 18.4 Å². The van der Waals surface area contributed by atoms with Crippen molar-refractivity contribution in [3.05, 3.63) is 57.3 Å². The summed E-state index contributed by atoms with van der Waals surface area (Å²) < 4.78 is 3.06. The molecule has 3 rings (SSSR count). The number of thioether (sulfide) groups is 1. The van der Waals surface area contributed by atoms with E-state index in [1.807, 2.05) is 59.6 Å². The molecule has 1 amide bonds. The summed E-state index contributed by atoms with van der Waals surface area (Å²) in [5, 5.41) is 5.77. The summed E-state index contributed by atoms with van der Waals surface area (Å²) in [6.07, 6.45) is 1.84.